The van der Waals surface area contributed by atoms with Crippen LogP contribution < -0.4 is 0 Å². The normalized spacial score (nSPS) is 30.1. The third-order valence-corrected chi connectivity index (χ3v) is 3.94. The van der Waals surface area contributed by atoms with Crippen molar-refractivity contribution in [3.63, 3.8) is 0 Å². The van der Waals surface area contributed by atoms with E-state index in [2.05, 4.69) is 4.90 Å². The summed E-state index contributed by atoms with van der Waals surface area (Å²) in [4.78, 5) is 14.0. The molecule has 0 atom stereocenters. The third-order valence-electron chi connectivity index (χ3n) is 3.94. The molecule has 2 aliphatic heterocycles. The topological polar surface area (TPSA) is 29.5 Å². The summed E-state index contributed by atoms with van der Waals surface area (Å²) in [6.45, 7) is 3.80. The van der Waals surface area contributed by atoms with Crippen LogP contribution in [0.15, 0.2) is 0 Å². The highest BCUT2D eigenvalue weighted by molar-refractivity contribution is 5.80. The molecular weight excluding hydrogens is 178 g/mol. The Morgan fingerprint density at radius 3 is 2.36 bits per heavy atom. The van der Waals surface area contributed by atoms with Crippen LogP contribution in [0.2, 0.25) is 0 Å². The van der Waals surface area contributed by atoms with Crippen LogP contribution in [-0.4, -0.2) is 37.1 Å². The molecular formula is C11H17NO2. The van der Waals surface area contributed by atoms with Gasteiger partial charge in [0.05, 0.1) is 13.2 Å². The third kappa shape index (κ3) is 1.18. The van der Waals surface area contributed by atoms with Crippen molar-refractivity contribution in [2.24, 2.45) is 11.3 Å². The van der Waals surface area contributed by atoms with Crippen molar-refractivity contribution >= 4 is 5.91 Å². The van der Waals surface area contributed by atoms with Gasteiger partial charge in [-0.2, -0.15) is 0 Å². The number of ether oxygens (including phenoxy) is 1. The van der Waals surface area contributed by atoms with Crippen LogP contribution in [0.3, 0.4) is 0 Å². The molecule has 2 saturated heterocycles. The number of likely N-dealkylation sites (tertiary alicyclic amines) is 1. The minimum absolute atomic E-state index is 0.331. The van der Waals surface area contributed by atoms with Crippen molar-refractivity contribution in [3.05, 3.63) is 0 Å². The second-order valence-electron chi connectivity index (χ2n) is 5.13. The number of carbonyl (C=O) groups excluding carboxylic acids is 1. The van der Waals surface area contributed by atoms with Crippen LogP contribution in [-0.2, 0) is 9.53 Å². The zero-order chi connectivity index (χ0) is 9.60. The first-order chi connectivity index (χ1) is 6.79. The van der Waals surface area contributed by atoms with Gasteiger partial charge in [-0.15, -0.1) is 0 Å². The zero-order valence-electron chi connectivity index (χ0n) is 8.50. The fraction of sp³-hybridized carbons (Fsp3) is 0.909. The fourth-order valence-electron chi connectivity index (χ4n) is 2.98. The molecule has 0 N–H and O–H groups in total. The van der Waals surface area contributed by atoms with E-state index >= 15 is 0 Å². The van der Waals surface area contributed by atoms with Crippen LogP contribution >= 0.6 is 0 Å². The zero-order valence-corrected chi connectivity index (χ0v) is 8.50. The molecule has 3 heteroatoms. The van der Waals surface area contributed by atoms with Crippen molar-refractivity contribution in [2.75, 3.05) is 26.3 Å². The molecule has 1 spiro atoms. The Labute approximate surface area is 84.4 Å². The summed E-state index contributed by atoms with van der Waals surface area (Å²) in [5, 5.41) is 0. The highest BCUT2D eigenvalue weighted by atomic mass is 16.5. The Kier molecular flexibility index (Phi) is 1.84. The van der Waals surface area contributed by atoms with E-state index in [-0.39, 0.29) is 0 Å². The predicted octanol–water partition coefficient (Wildman–Crippen LogP) is 1.04. The molecule has 3 fully saturated rings. The lowest BCUT2D eigenvalue weighted by Gasteiger charge is -2.53. The van der Waals surface area contributed by atoms with Gasteiger partial charge >= 0.3 is 0 Å². The summed E-state index contributed by atoms with van der Waals surface area (Å²) in [5.41, 5.74) is 0.431. The Balaban J connectivity index is 1.54. The molecule has 3 aliphatic rings. The molecule has 78 valence electrons. The number of amides is 1. The molecule has 0 bridgehead atoms. The smallest absolute Gasteiger partial charge is 0.225 e. The largest absolute Gasteiger partial charge is 0.380 e. The van der Waals surface area contributed by atoms with Gasteiger partial charge < -0.3 is 9.64 Å². The summed E-state index contributed by atoms with van der Waals surface area (Å²) in [7, 11) is 0. The lowest BCUT2D eigenvalue weighted by molar-refractivity contribution is -0.188. The summed E-state index contributed by atoms with van der Waals surface area (Å²) < 4.78 is 5.21. The lowest BCUT2D eigenvalue weighted by Crippen LogP contribution is -2.56. The number of hydrogen-bond donors (Lipinski definition) is 0. The fourth-order valence-corrected chi connectivity index (χ4v) is 2.98. The van der Waals surface area contributed by atoms with Crippen molar-refractivity contribution < 1.29 is 9.53 Å². The molecule has 1 aliphatic carbocycles. The van der Waals surface area contributed by atoms with E-state index in [0.29, 0.717) is 17.2 Å². The monoisotopic (exact) mass is 195 g/mol. The molecule has 0 aromatic rings. The SMILES string of the molecule is O=C(C1CC2(COC2)C1)N1CCCC1. The minimum atomic E-state index is 0.331. The van der Waals surface area contributed by atoms with Crippen LogP contribution in [0, 0.1) is 11.3 Å². The first-order valence-electron chi connectivity index (χ1n) is 5.66. The van der Waals surface area contributed by atoms with E-state index in [0.717, 1.165) is 39.1 Å². The van der Waals surface area contributed by atoms with Crippen LogP contribution in [0.25, 0.3) is 0 Å². The maximum atomic E-state index is 11.9. The van der Waals surface area contributed by atoms with Gasteiger partial charge in [0.25, 0.3) is 0 Å². The maximum Gasteiger partial charge on any atom is 0.225 e. The summed E-state index contributed by atoms with van der Waals surface area (Å²) >= 11 is 0. The van der Waals surface area contributed by atoms with Gasteiger partial charge in [0.2, 0.25) is 5.91 Å². The lowest BCUT2D eigenvalue weighted by atomic mass is 9.60. The van der Waals surface area contributed by atoms with Crippen molar-refractivity contribution in [2.45, 2.75) is 25.7 Å². The van der Waals surface area contributed by atoms with Gasteiger partial charge in [-0.3, -0.25) is 4.79 Å². The summed E-state index contributed by atoms with van der Waals surface area (Å²) in [6, 6.07) is 0. The summed E-state index contributed by atoms with van der Waals surface area (Å²) in [5.74, 6) is 0.747. The van der Waals surface area contributed by atoms with Gasteiger partial charge in [-0.1, -0.05) is 0 Å². The number of nitrogens with zero attached hydrogens (tertiary/aromatic N) is 1. The molecule has 1 amide bonds. The first-order valence-corrected chi connectivity index (χ1v) is 5.66. The molecule has 14 heavy (non-hydrogen) atoms. The van der Waals surface area contributed by atoms with Gasteiger partial charge in [0.15, 0.2) is 0 Å². The number of carbonyl (C=O) groups is 1. The Morgan fingerprint density at radius 2 is 1.86 bits per heavy atom. The molecule has 0 aromatic carbocycles. The molecule has 0 aromatic heterocycles. The first kappa shape index (κ1) is 8.72. The molecule has 1 saturated carbocycles. The molecule has 0 radical (unpaired) electrons. The summed E-state index contributed by atoms with van der Waals surface area (Å²) in [6.07, 6.45) is 4.57. The van der Waals surface area contributed by atoms with E-state index in [1.165, 1.54) is 12.8 Å². The van der Waals surface area contributed by atoms with Crippen LogP contribution in [0.4, 0.5) is 0 Å². The second-order valence-corrected chi connectivity index (χ2v) is 5.13. The maximum absolute atomic E-state index is 11.9. The molecule has 3 rings (SSSR count). The standard InChI is InChI=1S/C11H17NO2/c13-10(12-3-1-2-4-12)9-5-11(6-9)7-14-8-11/h9H,1-8H2. The van der Waals surface area contributed by atoms with Gasteiger partial charge in [0.1, 0.15) is 0 Å². The van der Waals surface area contributed by atoms with Crippen molar-refractivity contribution in [1.29, 1.82) is 0 Å². The second kappa shape index (κ2) is 2.96. The highest BCUT2D eigenvalue weighted by Crippen LogP contribution is 2.51. The van der Waals surface area contributed by atoms with Crippen molar-refractivity contribution in [3.8, 4) is 0 Å². The number of rotatable bonds is 1. The molecule has 3 nitrogen and oxygen atoms in total. The quantitative estimate of drug-likeness (QED) is 0.625. The van der Waals surface area contributed by atoms with E-state index in [4.69, 9.17) is 4.74 Å². The van der Waals surface area contributed by atoms with Crippen LogP contribution in [0.1, 0.15) is 25.7 Å². The Morgan fingerprint density at radius 1 is 1.21 bits per heavy atom. The molecule has 0 unspecified atom stereocenters. The predicted molar refractivity (Wildman–Crippen MR) is 51.8 cm³/mol. The minimum Gasteiger partial charge on any atom is -0.380 e. The average Bonchev–Trinajstić information content (AvgIpc) is 2.49. The van der Waals surface area contributed by atoms with E-state index in [1.54, 1.807) is 0 Å². The Hall–Kier alpha value is -0.570. The van der Waals surface area contributed by atoms with Gasteiger partial charge in [0, 0.05) is 24.4 Å². The Bertz CT molecular complexity index is 246. The van der Waals surface area contributed by atoms with Crippen LogP contribution in [0.5, 0.6) is 0 Å². The number of hydrogen-bond acceptors (Lipinski definition) is 2. The van der Waals surface area contributed by atoms with Gasteiger partial charge in [-0.25, -0.2) is 0 Å². The van der Waals surface area contributed by atoms with E-state index in [9.17, 15) is 4.79 Å². The highest BCUT2D eigenvalue weighted by Gasteiger charge is 2.52. The van der Waals surface area contributed by atoms with Gasteiger partial charge in [-0.05, 0) is 25.7 Å². The van der Waals surface area contributed by atoms with E-state index in [1.807, 2.05) is 0 Å². The molecule has 2 heterocycles. The average molecular weight is 195 g/mol. The van der Waals surface area contributed by atoms with E-state index < -0.39 is 0 Å². The van der Waals surface area contributed by atoms with Crippen molar-refractivity contribution in [1.82, 2.24) is 4.90 Å².